The Morgan fingerprint density at radius 1 is 1.45 bits per heavy atom. The van der Waals surface area contributed by atoms with E-state index in [2.05, 4.69) is 0 Å². The normalized spacial score (nSPS) is 20.4. The maximum absolute atomic E-state index is 12.5. The van der Waals surface area contributed by atoms with Crippen LogP contribution < -0.4 is 5.73 Å². The smallest absolute Gasteiger partial charge is 0.232 e. The summed E-state index contributed by atoms with van der Waals surface area (Å²) in [7, 11) is 0. The highest BCUT2D eigenvalue weighted by Gasteiger charge is 2.29. The van der Waals surface area contributed by atoms with Crippen LogP contribution in [0.25, 0.3) is 0 Å². The molecule has 2 unspecified atom stereocenters. The first-order valence-corrected chi connectivity index (χ1v) is 7.29. The number of piperidine rings is 1. The SMILES string of the molecule is NC(=S)C(Cc1ccccc1)C(=O)N1CCCC(O)C1. The minimum Gasteiger partial charge on any atom is -0.393 e. The van der Waals surface area contributed by atoms with Gasteiger partial charge < -0.3 is 15.7 Å². The standard InChI is InChI=1S/C15H20N2O2S/c16-14(20)13(9-11-5-2-1-3-6-11)15(19)17-8-4-7-12(18)10-17/h1-3,5-6,12-13,18H,4,7-10H2,(H2,16,20). The molecule has 4 nitrogen and oxygen atoms in total. The highest BCUT2D eigenvalue weighted by Crippen LogP contribution is 2.17. The van der Waals surface area contributed by atoms with Crippen LogP contribution in [0.3, 0.4) is 0 Å². The van der Waals surface area contributed by atoms with Crippen LogP contribution in [0.4, 0.5) is 0 Å². The Labute approximate surface area is 124 Å². The summed E-state index contributed by atoms with van der Waals surface area (Å²) in [6.07, 6.45) is 1.65. The molecule has 0 aromatic heterocycles. The van der Waals surface area contributed by atoms with Gasteiger partial charge in [0.15, 0.2) is 0 Å². The summed E-state index contributed by atoms with van der Waals surface area (Å²) in [5.74, 6) is -0.558. The van der Waals surface area contributed by atoms with Gasteiger partial charge in [0.1, 0.15) is 0 Å². The molecule has 1 fully saturated rings. The summed E-state index contributed by atoms with van der Waals surface area (Å²) in [5, 5.41) is 9.68. The van der Waals surface area contributed by atoms with Crippen LogP contribution >= 0.6 is 12.2 Å². The van der Waals surface area contributed by atoms with E-state index in [-0.39, 0.29) is 10.9 Å². The Balaban J connectivity index is 2.08. The molecule has 1 aromatic carbocycles. The fourth-order valence-electron chi connectivity index (χ4n) is 2.53. The van der Waals surface area contributed by atoms with E-state index < -0.39 is 12.0 Å². The van der Waals surface area contributed by atoms with E-state index in [4.69, 9.17) is 18.0 Å². The molecule has 0 spiro atoms. The summed E-state index contributed by atoms with van der Waals surface area (Å²) < 4.78 is 0. The van der Waals surface area contributed by atoms with Crippen LogP contribution in [0.1, 0.15) is 18.4 Å². The number of aliphatic hydroxyl groups excluding tert-OH is 1. The van der Waals surface area contributed by atoms with Gasteiger partial charge in [0.25, 0.3) is 0 Å². The number of nitrogens with zero attached hydrogens (tertiary/aromatic N) is 1. The van der Waals surface area contributed by atoms with Gasteiger partial charge in [-0.2, -0.15) is 0 Å². The van der Waals surface area contributed by atoms with Crippen LogP contribution in [0.5, 0.6) is 0 Å². The highest BCUT2D eigenvalue weighted by molar-refractivity contribution is 7.80. The number of nitrogens with two attached hydrogens (primary N) is 1. The Hall–Kier alpha value is -1.46. The molecule has 2 atom stereocenters. The van der Waals surface area contributed by atoms with Crippen LogP contribution in [-0.4, -0.2) is 40.1 Å². The predicted octanol–water partition coefficient (Wildman–Crippen LogP) is 1.11. The van der Waals surface area contributed by atoms with Gasteiger partial charge in [-0.15, -0.1) is 0 Å². The first-order valence-electron chi connectivity index (χ1n) is 6.88. The number of carbonyl (C=O) groups is 1. The molecule has 108 valence electrons. The van der Waals surface area contributed by atoms with Crippen LogP contribution in [0.2, 0.25) is 0 Å². The zero-order chi connectivity index (χ0) is 14.5. The lowest BCUT2D eigenvalue weighted by atomic mass is 9.96. The molecule has 0 radical (unpaired) electrons. The summed E-state index contributed by atoms with van der Waals surface area (Å²) in [6.45, 7) is 1.05. The van der Waals surface area contributed by atoms with Crippen LogP contribution in [0.15, 0.2) is 30.3 Å². The molecule has 1 saturated heterocycles. The van der Waals surface area contributed by atoms with Crippen molar-refractivity contribution in [3.8, 4) is 0 Å². The lowest BCUT2D eigenvalue weighted by Crippen LogP contribution is -2.48. The number of likely N-dealkylation sites (tertiary alicyclic amines) is 1. The molecular formula is C15H20N2O2S. The second-order valence-corrected chi connectivity index (χ2v) is 5.70. The summed E-state index contributed by atoms with van der Waals surface area (Å²) in [4.78, 5) is 14.4. The van der Waals surface area contributed by atoms with E-state index in [0.29, 0.717) is 19.5 Å². The number of thiocarbonyl (C=S) groups is 1. The van der Waals surface area contributed by atoms with Gasteiger partial charge in [0.2, 0.25) is 5.91 Å². The summed E-state index contributed by atoms with van der Waals surface area (Å²) >= 11 is 5.06. The summed E-state index contributed by atoms with van der Waals surface area (Å²) in [5.41, 5.74) is 6.79. The molecule has 2 rings (SSSR count). The lowest BCUT2D eigenvalue weighted by molar-refractivity contribution is -0.136. The minimum absolute atomic E-state index is 0.0693. The Kier molecular flexibility index (Phi) is 5.09. The molecule has 0 bridgehead atoms. The van der Waals surface area contributed by atoms with Gasteiger partial charge in [0.05, 0.1) is 17.0 Å². The minimum atomic E-state index is -0.488. The van der Waals surface area contributed by atoms with Crippen molar-refractivity contribution in [1.82, 2.24) is 4.90 Å². The lowest BCUT2D eigenvalue weighted by Gasteiger charge is -2.32. The number of aliphatic hydroxyl groups is 1. The van der Waals surface area contributed by atoms with E-state index >= 15 is 0 Å². The molecule has 1 amide bonds. The molecule has 1 aromatic rings. The van der Waals surface area contributed by atoms with Crippen LogP contribution in [-0.2, 0) is 11.2 Å². The van der Waals surface area contributed by atoms with Crippen molar-refractivity contribution >= 4 is 23.1 Å². The van der Waals surface area contributed by atoms with Crippen molar-refractivity contribution in [3.05, 3.63) is 35.9 Å². The van der Waals surface area contributed by atoms with Crippen molar-refractivity contribution in [2.75, 3.05) is 13.1 Å². The molecular weight excluding hydrogens is 272 g/mol. The number of amides is 1. The number of hydrogen-bond acceptors (Lipinski definition) is 3. The second kappa shape index (κ2) is 6.81. The Morgan fingerprint density at radius 2 is 2.15 bits per heavy atom. The van der Waals surface area contributed by atoms with Crippen LogP contribution in [0, 0.1) is 5.92 Å². The van der Waals surface area contributed by atoms with Gasteiger partial charge in [0, 0.05) is 13.1 Å². The third kappa shape index (κ3) is 3.77. The average molecular weight is 292 g/mol. The molecule has 0 saturated carbocycles. The zero-order valence-corrected chi connectivity index (χ0v) is 12.2. The third-order valence-electron chi connectivity index (χ3n) is 3.63. The van der Waals surface area contributed by atoms with Crippen molar-refractivity contribution in [3.63, 3.8) is 0 Å². The topological polar surface area (TPSA) is 66.6 Å². The van der Waals surface area contributed by atoms with E-state index in [1.54, 1.807) is 4.90 Å². The fourth-order valence-corrected chi connectivity index (χ4v) is 2.72. The zero-order valence-electron chi connectivity index (χ0n) is 11.4. The number of β-amino-alcohol motifs (C(OH)–C–C–N with tert-alkyl or cyclic N) is 1. The van der Waals surface area contributed by atoms with Gasteiger partial charge in [-0.1, -0.05) is 42.5 Å². The molecule has 1 aliphatic heterocycles. The maximum Gasteiger partial charge on any atom is 0.232 e. The number of carbonyl (C=O) groups excluding carboxylic acids is 1. The largest absolute Gasteiger partial charge is 0.393 e. The van der Waals surface area contributed by atoms with E-state index in [0.717, 1.165) is 18.4 Å². The second-order valence-electron chi connectivity index (χ2n) is 5.22. The highest BCUT2D eigenvalue weighted by atomic mass is 32.1. The molecule has 20 heavy (non-hydrogen) atoms. The first-order chi connectivity index (χ1) is 9.58. The first kappa shape index (κ1) is 14.9. The van der Waals surface area contributed by atoms with E-state index in [9.17, 15) is 9.90 Å². The van der Waals surface area contributed by atoms with Crippen molar-refractivity contribution < 1.29 is 9.90 Å². The van der Waals surface area contributed by atoms with Gasteiger partial charge in [-0.05, 0) is 24.8 Å². The number of hydrogen-bond donors (Lipinski definition) is 2. The monoisotopic (exact) mass is 292 g/mol. The predicted molar refractivity (Wildman–Crippen MR) is 82.2 cm³/mol. The van der Waals surface area contributed by atoms with E-state index in [1.807, 2.05) is 30.3 Å². The molecule has 0 aliphatic carbocycles. The van der Waals surface area contributed by atoms with Gasteiger partial charge in [-0.25, -0.2) is 0 Å². The third-order valence-corrected chi connectivity index (χ3v) is 3.92. The number of benzene rings is 1. The molecule has 1 heterocycles. The fraction of sp³-hybridized carbons (Fsp3) is 0.467. The van der Waals surface area contributed by atoms with Gasteiger partial charge >= 0.3 is 0 Å². The molecule has 1 aliphatic rings. The number of rotatable bonds is 4. The maximum atomic E-state index is 12.5. The van der Waals surface area contributed by atoms with Gasteiger partial charge in [-0.3, -0.25) is 4.79 Å². The van der Waals surface area contributed by atoms with Crippen molar-refractivity contribution in [1.29, 1.82) is 0 Å². The molecule has 3 N–H and O–H groups in total. The Bertz CT molecular complexity index is 478. The molecule has 5 heteroatoms. The Morgan fingerprint density at radius 3 is 2.75 bits per heavy atom. The quantitative estimate of drug-likeness (QED) is 0.816. The van der Waals surface area contributed by atoms with E-state index in [1.165, 1.54) is 0 Å². The van der Waals surface area contributed by atoms with Crippen molar-refractivity contribution in [2.45, 2.75) is 25.4 Å². The average Bonchev–Trinajstić information content (AvgIpc) is 2.45. The summed E-state index contributed by atoms with van der Waals surface area (Å²) in [6, 6.07) is 9.72. The van der Waals surface area contributed by atoms with Crippen molar-refractivity contribution in [2.24, 2.45) is 11.7 Å².